The number of Topliss-reactive ketones (excluding diaryl/α,β-unsaturated/α-hetero) is 1. The highest BCUT2D eigenvalue weighted by molar-refractivity contribution is 6.00. The van der Waals surface area contributed by atoms with Gasteiger partial charge in [-0.3, -0.25) is 9.59 Å². The maximum Gasteiger partial charge on any atom is 0.224 e. The molecule has 2 atom stereocenters. The first-order valence-electron chi connectivity index (χ1n) is 13.7. The van der Waals surface area contributed by atoms with Crippen molar-refractivity contribution in [3.05, 3.63) is 66.2 Å². The number of aromatic nitrogens is 1. The lowest BCUT2D eigenvalue weighted by Crippen LogP contribution is -2.46. The van der Waals surface area contributed by atoms with Crippen molar-refractivity contribution in [2.24, 2.45) is 11.8 Å². The molecule has 2 fully saturated rings. The van der Waals surface area contributed by atoms with Crippen LogP contribution < -0.4 is 15.5 Å². The van der Waals surface area contributed by atoms with Crippen LogP contribution in [0.5, 0.6) is 0 Å². The van der Waals surface area contributed by atoms with Crippen molar-refractivity contribution in [1.29, 1.82) is 0 Å². The number of anilines is 2. The minimum atomic E-state index is -0.219. The largest absolute Gasteiger partial charge is 0.377 e. The minimum Gasteiger partial charge on any atom is -0.377 e. The summed E-state index contributed by atoms with van der Waals surface area (Å²) in [5.41, 5.74) is 2.86. The molecule has 0 aliphatic heterocycles. The van der Waals surface area contributed by atoms with Crippen LogP contribution in [0, 0.1) is 11.8 Å². The van der Waals surface area contributed by atoms with Gasteiger partial charge in [-0.1, -0.05) is 61.4 Å². The summed E-state index contributed by atoms with van der Waals surface area (Å²) in [6.45, 7) is 0. The Bertz CT molecular complexity index is 1230. The molecule has 6 heteroatoms. The van der Waals surface area contributed by atoms with Crippen molar-refractivity contribution >= 4 is 34.1 Å². The van der Waals surface area contributed by atoms with Crippen LogP contribution >= 0.6 is 0 Å². The Balaban J connectivity index is 1.18. The second-order valence-electron chi connectivity index (χ2n) is 10.9. The molecule has 2 aliphatic rings. The Morgan fingerprint density at radius 1 is 0.811 bits per heavy atom. The molecular formula is C31H38N4O2. The highest BCUT2D eigenvalue weighted by atomic mass is 16.2. The van der Waals surface area contributed by atoms with Crippen molar-refractivity contribution in [2.45, 2.75) is 63.5 Å². The lowest BCUT2D eigenvalue weighted by Gasteiger charge is -2.34. The zero-order chi connectivity index (χ0) is 25.8. The Kier molecular flexibility index (Phi) is 7.73. The van der Waals surface area contributed by atoms with Crippen LogP contribution in [0.2, 0.25) is 0 Å². The number of carbonyl (C=O) groups excluding carboxylic acids is 2. The van der Waals surface area contributed by atoms with E-state index in [1.54, 1.807) is 0 Å². The lowest BCUT2D eigenvalue weighted by molar-refractivity contribution is -0.128. The predicted octanol–water partition coefficient (Wildman–Crippen LogP) is 5.83. The fourth-order valence-electron chi connectivity index (χ4n) is 6.08. The van der Waals surface area contributed by atoms with Crippen LogP contribution in [-0.2, 0) is 4.79 Å². The summed E-state index contributed by atoms with van der Waals surface area (Å²) >= 11 is 0. The Labute approximate surface area is 219 Å². The molecule has 2 N–H and O–H groups in total. The number of rotatable bonds is 7. The molecule has 0 radical (unpaired) electrons. The molecule has 1 amide bonds. The van der Waals surface area contributed by atoms with Gasteiger partial charge in [0.1, 0.15) is 5.82 Å². The minimum absolute atomic E-state index is 0.0669. The lowest BCUT2D eigenvalue weighted by atomic mass is 9.74. The van der Waals surface area contributed by atoms with E-state index in [1.807, 2.05) is 42.5 Å². The smallest absolute Gasteiger partial charge is 0.224 e. The standard InChI is InChI=1S/C31H38N4O2/c1-35(2)28-20-29(34-27-15-9-8-14-26(27)28)32-22-16-18-23(19-17-22)33-31(37)25-13-7-6-12-24(25)30(36)21-10-4-3-5-11-21/h3-5,8-11,14-15,20,22-25H,6-7,12-13,16-19H2,1-2H3,(H,32,34)(H,33,37)/t22?,23?,24-,25?/m1/s1. The zero-order valence-electron chi connectivity index (χ0n) is 22.0. The number of amides is 1. The van der Waals surface area contributed by atoms with Crippen LogP contribution in [0.4, 0.5) is 11.5 Å². The number of pyridine rings is 1. The number of carbonyl (C=O) groups is 2. The Morgan fingerprint density at radius 2 is 1.46 bits per heavy atom. The van der Waals surface area contributed by atoms with Crippen molar-refractivity contribution in [3.63, 3.8) is 0 Å². The van der Waals surface area contributed by atoms with E-state index in [1.165, 1.54) is 0 Å². The molecule has 1 heterocycles. The maximum absolute atomic E-state index is 13.3. The molecule has 0 spiro atoms. The van der Waals surface area contributed by atoms with E-state index in [0.717, 1.165) is 79.3 Å². The summed E-state index contributed by atoms with van der Waals surface area (Å²) in [7, 11) is 4.12. The third kappa shape index (κ3) is 5.79. The molecule has 0 bridgehead atoms. The quantitative estimate of drug-likeness (QED) is 0.401. The van der Waals surface area contributed by atoms with E-state index in [4.69, 9.17) is 4.98 Å². The van der Waals surface area contributed by atoms with Gasteiger partial charge in [0.2, 0.25) is 5.91 Å². The maximum atomic E-state index is 13.3. The molecule has 6 nitrogen and oxygen atoms in total. The van der Waals surface area contributed by atoms with Gasteiger partial charge in [-0.2, -0.15) is 0 Å². The van der Waals surface area contributed by atoms with E-state index >= 15 is 0 Å². The van der Waals surface area contributed by atoms with Crippen LogP contribution in [0.1, 0.15) is 61.7 Å². The van der Waals surface area contributed by atoms with Crippen molar-refractivity contribution in [3.8, 4) is 0 Å². The molecule has 2 aromatic carbocycles. The van der Waals surface area contributed by atoms with Crippen molar-refractivity contribution in [2.75, 3.05) is 24.3 Å². The van der Waals surface area contributed by atoms with Crippen molar-refractivity contribution in [1.82, 2.24) is 10.3 Å². The van der Waals surface area contributed by atoms with Gasteiger partial charge in [0.05, 0.1) is 5.52 Å². The molecular weight excluding hydrogens is 460 g/mol. The second kappa shape index (κ2) is 11.3. The highest BCUT2D eigenvalue weighted by Crippen LogP contribution is 2.34. The third-order valence-electron chi connectivity index (χ3n) is 8.10. The Hall–Kier alpha value is -3.41. The number of benzene rings is 2. The number of hydrogen-bond acceptors (Lipinski definition) is 5. The first kappa shape index (κ1) is 25.2. The fourth-order valence-corrected chi connectivity index (χ4v) is 6.08. The van der Waals surface area contributed by atoms with Crippen molar-refractivity contribution < 1.29 is 9.59 Å². The monoisotopic (exact) mass is 498 g/mol. The van der Waals surface area contributed by atoms with Crippen LogP contribution in [0.3, 0.4) is 0 Å². The van der Waals surface area contributed by atoms with E-state index < -0.39 is 0 Å². The number of fused-ring (bicyclic) bond motifs is 1. The fraction of sp³-hybridized carbons (Fsp3) is 0.452. The van der Waals surface area contributed by atoms with E-state index in [-0.39, 0.29) is 29.6 Å². The van der Waals surface area contributed by atoms with Gasteiger partial charge >= 0.3 is 0 Å². The van der Waals surface area contributed by atoms with Crippen LogP contribution in [-0.4, -0.2) is 42.9 Å². The summed E-state index contributed by atoms with van der Waals surface area (Å²) in [6, 6.07) is 20.3. The van der Waals surface area contributed by atoms with Gasteiger partial charge in [-0.25, -0.2) is 4.98 Å². The van der Waals surface area contributed by atoms with Gasteiger partial charge in [-0.05, 0) is 44.6 Å². The first-order valence-corrected chi connectivity index (χ1v) is 13.7. The van der Waals surface area contributed by atoms with Gasteiger partial charge in [0.25, 0.3) is 0 Å². The number of nitrogens with zero attached hydrogens (tertiary/aromatic N) is 2. The normalized spacial score (nSPS) is 23.8. The molecule has 1 aromatic heterocycles. The molecule has 194 valence electrons. The average Bonchev–Trinajstić information content (AvgIpc) is 2.93. The van der Waals surface area contributed by atoms with E-state index in [0.29, 0.717) is 6.04 Å². The highest BCUT2D eigenvalue weighted by Gasteiger charge is 2.37. The first-order chi connectivity index (χ1) is 18.0. The number of hydrogen-bond donors (Lipinski definition) is 2. The molecule has 3 aromatic rings. The zero-order valence-corrected chi connectivity index (χ0v) is 22.0. The van der Waals surface area contributed by atoms with Gasteiger partial charge in [0, 0.05) is 60.7 Å². The summed E-state index contributed by atoms with van der Waals surface area (Å²) in [6.07, 6.45) is 7.46. The van der Waals surface area contributed by atoms with E-state index in [2.05, 4.69) is 47.8 Å². The van der Waals surface area contributed by atoms with Crippen LogP contribution in [0.25, 0.3) is 10.9 Å². The second-order valence-corrected chi connectivity index (χ2v) is 10.9. The topological polar surface area (TPSA) is 74.3 Å². The molecule has 5 rings (SSSR count). The molecule has 2 saturated carbocycles. The van der Waals surface area contributed by atoms with E-state index in [9.17, 15) is 9.59 Å². The summed E-state index contributed by atoms with van der Waals surface area (Å²) in [5.74, 6) is 0.660. The molecule has 2 aliphatic carbocycles. The number of para-hydroxylation sites is 1. The average molecular weight is 499 g/mol. The summed E-state index contributed by atoms with van der Waals surface area (Å²) in [5, 5.41) is 8.12. The molecule has 37 heavy (non-hydrogen) atoms. The van der Waals surface area contributed by atoms with Crippen LogP contribution in [0.15, 0.2) is 60.7 Å². The summed E-state index contributed by atoms with van der Waals surface area (Å²) in [4.78, 5) is 33.5. The van der Waals surface area contributed by atoms with Gasteiger partial charge in [0.15, 0.2) is 5.78 Å². The number of nitrogens with one attached hydrogen (secondary N) is 2. The molecule has 1 unspecified atom stereocenters. The SMILES string of the molecule is CN(C)c1cc(NC2CCC(NC(=O)C3CCCC[C@H]3C(=O)c3ccccc3)CC2)nc2ccccc12. The summed E-state index contributed by atoms with van der Waals surface area (Å²) < 4.78 is 0. The Morgan fingerprint density at radius 3 is 2.19 bits per heavy atom. The number of ketones is 1. The molecule has 0 saturated heterocycles. The van der Waals surface area contributed by atoms with Gasteiger partial charge < -0.3 is 15.5 Å². The third-order valence-corrected chi connectivity index (χ3v) is 8.10. The predicted molar refractivity (Wildman–Crippen MR) is 150 cm³/mol. The van der Waals surface area contributed by atoms with Gasteiger partial charge in [-0.15, -0.1) is 0 Å².